The minimum absolute atomic E-state index is 0.00956. The van der Waals surface area contributed by atoms with Crippen molar-refractivity contribution in [3.05, 3.63) is 24.0 Å². The number of carbonyl (C=O) groups excluding carboxylic acids is 1. The Morgan fingerprint density at radius 3 is 2.64 bits per heavy atom. The zero-order chi connectivity index (χ0) is 16.7. The van der Waals surface area contributed by atoms with E-state index in [1.165, 1.54) is 0 Å². The number of hydrogen-bond donors (Lipinski definition) is 3. The predicted octanol–water partition coefficient (Wildman–Crippen LogP) is 2.96. The quantitative estimate of drug-likeness (QED) is 0.723. The summed E-state index contributed by atoms with van der Waals surface area (Å²) in [7, 11) is 0. The molecule has 2 amide bonds. The van der Waals surface area contributed by atoms with Crippen LogP contribution in [0.1, 0.15) is 20.3 Å². The number of halogens is 3. The number of hydrogen-bond acceptors (Lipinski definition) is 3. The molecule has 1 rings (SSSR count). The molecule has 0 aliphatic rings. The van der Waals surface area contributed by atoms with Crippen LogP contribution in [0.3, 0.4) is 0 Å². The average molecular weight is 320 g/mol. The number of ether oxygens (including phenoxy) is 1. The second kappa shape index (κ2) is 8.47. The Morgan fingerprint density at radius 1 is 1.36 bits per heavy atom. The summed E-state index contributed by atoms with van der Waals surface area (Å²) < 4.78 is 41.8. The zero-order valence-corrected chi connectivity index (χ0v) is 12.3. The van der Waals surface area contributed by atoms with Gasteiger partial charge in [-0.15, -0.1) is 0 Å². The van der Waals surface area contributed by atoms with Gasteiger partial charge in [-0.25, -0.2) is 9.18 Å². The number of anilines is 1. The first kappa shape index (κ1) is 18.1. The van der Waals surface area contributed by atoms with Crippen LogP contribution >= 0.6 is 0 Å². The van der Waals surface area contributed by atoms with E-state index >= 15 is 0 Å². The number of carbonyl (C=O) groups is 1. The molecule has 0 spiro atoms. The molecule has 124 valence electrons. The number of aliphatic hydroxyl groups is 1. The lowest BCUT2D eigenvalue weighted by molar-refractivity contribution is -0.0494. The molecule has 1 aromatic rings. The molecule has 0 saturated heterocycles. The molecular formula is C14H19F3N2O3. The summed E-state index contributed by atoms with van der Waals surface area (Å²) in [6.07, 6.45) is -0.227. The lowest BCUT2D eigenvalue weighted by atomic mass is 10.1. The number of amides is 2. The second-order valence-corrected chi connectivity index (χ2v) is 5.14. The fourth-order valence-corrected chi connectivity index (χ4v) is 1.80. The molecule has 0 saturated carbocycles. The van der Waals surface area contributed by atoms with Gasteiger partial charge in [0.2, 0.25) is 0 Å². The van der Waals surface area contributed by atoms with Crippen molar-refractivity contribution in [2.75, 3.05) is 11.9 Å². The van der Waals surface area contributed by atoms with Crippen LogP contribution < -0.4 is 15.4 Å². The number of nitrogens with one attached hydrogen (secondary N) is 2. The molecule has 0 bridgehead atoms. The molecule has 5 nitrogen and oxygen atoms in total. The monoisotopic (exact) mass is 320 g/mol. The van der Waals surface area contributed by atoms with E-state index in [1.807, 2.05) is 13.8 Å². The highest BCUT2D eigenvalue weighted by Crippen LogP contribution is 2.26. The highest BCUT2D eigenvalue weighted by atomic mass is 19.3. The van der Waals surface area contributed by atoms with E-state index in [-0.39, 0.29) is 23.9 Å². The van der Waals surface area contributed by atoms with Gasteiger partial charge in [-0.2, -0.15) is 8.78 Å². The van der Waals surface area contributed by atoms with E-state index in [0.29, 0.717) is 6.42 Å². The largest absolute Gasteiger partial charge is 0.433 e. The van der Waals surface area contributed by atoms with Crippen molar-refractivity contribution in [3.8, 4) is 5.75 Å². The van der Waals surface area contributed by atoms with Crippen LogP contribution in [0.2, 0.25) is 0 Å². The Kier molecular flexibility index (Phi) is 6.97. The summed E-state index contributed by atoms with van der Waals surface area (Å²) in [5.41, 5.74) is -0.226. The third-order valence-electron chi connectivity index (χ3n) is 2.65. The topological polar surface area (TPSA) is 70.6 Å². The molecule has 0 radical (unpaired) electrons. The number of alkyl halides is 2. The lowest BCUT2D eigenvalue weighted by Gasteiger charge is -2.15. The van der Waals surface area contributed by atoms with Gasteiger partial charge in [0.1, 0.15) is 11.6 Å². The summed E-state index contributed by atoms with van der Waals surface area (Å²) in [6, 6.07) is 2.03. The third-order valence-corrected chi connectivity index (χ3v) is 2.65. The smallest absolute Gasteiger partial charge is 0.387 e. The average Bonchev–Trinajstić information content (AvgIpc) is 2.38. The van der Waals surface area contributed by atoms with Gasteiger partial charge < -0.3 is 20.5 Å². The van der Waals surface area contributed by atoms with Crippen molar-refractivity contribution in [1.29, 1.82) is 0 Å². The van der Waals surface area contributed by atoms with Gasteiger partial charge in [0, 0.05) is 12.6 Å². The van der Waals surface area contributed by atoms with Crippen molar-refractivity contribution in [2.24, 2.45) is 5.92 Å². The first-order valence-corrected chi connectivity index (χ1v) is 6.75. The number of urea groups is 1. The Bertz CT molecular complexity index is 498. The molecule has 3 N–H and O–H groups in total. The van der Waals surface area contributed by atoms with Crippen LogP contribution in [-0.2, 0) is 0 Å². The molecule has 0 heterocycles. The maximum atomic E-state index is 13.1. The van der Waals surface area contributed by atoms with E-state index < -0.39 is 24.6 Å². The highest BCUT2D eigenvalue weighted by Gasteiger charge is 2.14. The zero-order valence-electron chi connectivity index (χ0n) is 12.3. The molecule has 0 aliphatic heterocycles. The first-order chi connectivity index (χ1) is 10.3. The predicted molar refractivity (Wildman–Crippen MR) is 75.5 cm³/mol. The van der Waals surface area contributed by atoms with Crippen molar-refractivity contribution >= 4 is 11.7 Å². The van der Waals surface area contributed by atoms with Crippen molar-refractivity contribution in [2.45, 2.75) is 33.0 Å². The van der Waals surface area contributed by atoms with E-state index in [0.717, 1.165) is 18.2 Å². The highest BCUT2D eigenvalue weighted by molar-refractivity contribution is 5.90. The lowest BCUT2D eigenvalue weighted by Crippen LogP contribution is -2.35. The standard InChI is InChI=1S/C14H19F3N2O3/c1-8(2)5-10(20)7-18-14(21)19-11-6-9(15)3-4-12(11)22-13(16)17/h3-4,6,8,10,13,20H,5,7H2,1-2H3,(H2,18,19,21). The number of aliphatic hydroxyl groups excluding tert-OH is 1. The van der Waals surface area contributed by atoms with Gasteiger partial charge in [-0.05, 0) is 24.5 Å². The van der Waals surface area contributed by atoms with Crippen LogP contribution in [0.5, 0.6) is 5.75 Å². The van der Waals surface area contributed by atoms with Gasteiger partial charge in [0.15, 0.2) is 0 Å². The van der Waals surface area contributed by atoms with Gasteiger partial charge in [0.05, 0.1) is 11.8 Å². The van der Waals surface area contributed by atoms with E-state index in [2.05, 4.69) is 15.4 Å². The second-order valence-electron chi connectivity index (χ2n) is 5.14. The fourth-order valence-electron chi connectivity index (χ4n) is 1.80. The van der Waals surface area contributed by atoms with Crippen LogP contribution in [-0.4, -0.2) is 30.4 Å². The molecule has 22 heavy (non-hydrogen) atoms. The van der Waals surface area contributed by atoms with Crippen molar-refractivity contribution < 1.29 is 27.8 Å². The third kappa shape index (κ3) is 6.66. The number of benzene rings is 1. The molecule has 0 aromatic heterocycles. The van der Waals surface area contributed by atoms with Crippen LogP contribution in [0.4, 0.5) is 23.7 Å². The molecule has 0 aliphatic carbocycles. The summed E-state index contributed by atoms with van der Waals surface area (Å²) in [6.45, 7) is 0.736. The summed E-state index contributed by atoms with van der Waals surface area (Å²) in [4.78, 5) is 11.7. The normalized spacial score (nSPS) is 12.4. The summed E-state index contributed by atoms with van der Waals surface area (Å²) >= 11 is 0. The molecule has 8 heteroatoms. The maximum Gasteiger partial charge on any atom is 0.387 e. The fraction of sp³-hybridized carbons (Fsp3) is 0.500. The van der Waals surface area contributed by atoms with E-state index in [4.69, 9.17) is 0 Å². The van der Waals surface area contributed by atoms with Crippen LogP contribution in [0.15, 0.2) is 18.2 Å². The van der Waals surface area contributed by atoms with Crippen LogP contribution in [0, 0.1) is 11.7 Å². The number of rotatable bonds is 7. The Labute approximate surface area is 126 Å². The van der Waals surface area contributed by atoms with Crippen molar-refractivity contribution in [3.63, 3.8) is 0 Å². The SMILES string of the molecule is CC(C)CC(O)CNC(=O)Nc1cc(F)ccc1OC(F)F. The van der Waals surface area contributed by atoms with Gasteiger partial charge in [-0.3, -0.25) is 0 Å². The molecule has 0 fully saturated rings. The summed E-state index contributed by atoms with van der Waals surface area (Å²) in [5, 5.41) is 14.2. The van der Waals surface area contributed by atoms with Gasteiger partial charge >= 0.3 is 12.6 Å². The molecule has 1 unspecified atom stereocenters. The van der Waals surface area contributed by atoms with E-state index in [9.17, 15) is 23.1 Å². The molecule has 1 atom stereocenters. The Morgan fingerprint density at radius 2 is 2.05 bits per heavy atom. The minimum atomic E-state index is -3.10. The molecule has 1 aromatic carbocycles. The summed E-state index contributed by atoms with van der Waals surface area (Å²) in [5.74, 6) is -0.805. The minimum Gasteiger partial charge on any atom is -0.433 e. The van der Waals surface area contributed by atoms with Gasteiger partial charge in [0.25, 0.3) is 0 Å². The maximum absolute atomic E-state index is 13.1. The Hall–Kier alpha value is -1.96. The first-order valence-electron chi connectivity index (χ1n) is 6.75. The molecular weight excluding hydrogens is 301 g/mol. The van der Waals surface area contributed by atoms with E-state index in [1.54, 1.807) is 0 Å². The Balaban J connectivity index is 2.61. The van der Waals surface area contributed by atoms with Crippen LogP contribution in [0.25, 0.3) is 0 Å². The van der Waals surface area contributed by atoms with Crippen molar-refractivity contribution in [1.82, 2.24) is 5.32 Å². The van der Waals surface area contributed by atoms with Gasteiger partial charge in [-0.1, -0.05) is 13.8 Å².